The van der Waals surface area contributed by atoms with Gasteiger partial charge in [-0.25, -0.2) is 4.39 Å². The zero-order chi connectivity index (χ0) is 16.2. The van der Waals surface area contributed by atoms with Crippen molar-refractivity contribution in [3.8, 4) is 0 Å². The minimum absolute atomic E-state index is 0.00191. The van der Waals surface area contributed by atoms with E-state index in [1.54, 1.807) is 23.2 Å². The molecule has 0 bridgehead atoms. The maximum atomic E-state index is 12.9. The number of nitrogens with zero attached hydrogens (tertiary/aromatic N) is 2. The second-order valence-corrected chi connectivity index (χ2v) is 5.91. The summed E-state index contributed by atoms with van der Waals surface area (Å²) in [5.41, 5.74) is 1.70. The standard InChI is InChI=1S/C18H19FN2O2/c19-15-6-4-13(5-7-15)9-18(23)21-10-14(12-22)16(11-21)17-3-1-2-8-20-17/h1-8,14,16,22H,9-12H2/t14-,16+/m0/s1. The molecule has 1 aliphatic heterocycles. The van der Waals surface area contributed by atoms with Gasteiger partial charge in [0.1, 0.15) is 5.82 Å². The number of amides is 1. The van der Waals surface area contributed by atoms with Crippen LogP contribution in [-0.2, 0) is 11.2 Å². The molecule has 4 nitrogen and oxygen atoms in total. The van der Waals surface area contributed by atoms with Crippen LogP contribution < -0.4 is 0 Å². The van der Waals surface area contributed by atoms with Gasteiger partial charge >= 0.3 is 0 Å². The van der Waals surface area contributed by atoms with Gasteiger partial charge in [0.2, 0.25) is 5.91 Å². The smallest absolute Gasteiger partial charge is 0.227 e. The largest absolute Gasteiger partial charge is 0.396 e. The number of aliphatic hydroxyl groups is 1. The van der Waals surface area contributed by atoms with Crippen LogP contribution in [0, 0.1) is 11.7 Å². The third-order valence-corrected chi connectivity index (χ3v) is 4.36. The number of hydrogen-bond acceptors (Lipinski definition) is 3. The first-order valence-corrected chi connectivity index (χ1v) is 7.71. The van der Waals surface area contributed by atoms with Gasteiger partial charge in [-0.05, 0) is 29.8 Å². The van der Waals surface area contributed by atoms with E-state index in [9.17, 15) is 14.3 Å². The van der Waals surface area contributed by atoms with Crippen LogP contribution in [0.3, 0.4) is 0 Å². The Kier molecular flexibility index (Phi) is 4.67. The molecule has 1 fully saturated rings. The van der Waals surface area contributed by atoms with Crippen LogP contribution in [0.4, 0.5) is 4.39 Å². The van der Waals surface area contributed by atoms with E-state index < -0.39 is 0 Å². The van der Waals surface area contributed by atoms with Gasteiger partial charge in [-0.3, -0.25) is 9.78 Å². The van der Waals surface area contributed by atoms with E-state index >= 15 is 0 Å². The molecule has 0 unspecified atom stereocenters. The van der Waals surface area contributed by atoms with Crippen LogP contribution in [0.1, 0.15) is 17.2 Å². The lowest BCUT2D eigenvalue weighted by Gasteiger charge is -2.16. The summed E-state index contributed by atoms with van der Waals surface area (Å²) in [6.45, 7) is 1.11. The highest BCUT2D eigenvalue weighted by Gasteiger charge is 2.36. The van der Waals surface area contributed by atoms with E-state index in [4.69, 9.17) is 0 Å². The molecule has 0 aliphatic carbocycles. The predicted octanol–water partition coefficient (Wildman–Crippen LogP) is 2.00. The normalized spacial score (nSPS) is 20.7. The molecule has 1 N–H and O–H groups in total. The third-order valence-electron chi connectivity index (χ3n) is 4.36. The van der Waals surface area contributed by atoms with Crippen LogP contribution >= 0.6 is 0 Å². The number of likely N-dealkylation sites (tertiary alicyclic amines) is 1. The molecule has 1 aromatic carbocycles. The Labute approximate surface area is 134 Å². The number of hydrogen-bond donors (Lipinski definition) is 1. The first-order chi connectivity index (χ1) is 11.2. The number of aliphatic hydroxyl groups excluding tert-OH is 1. The van der Waals surface area contributed by atoms with Crippen LogP contribution in [0.15, 0.2) is 48.7 Å². The molecular formula is C18H19FN2O2. The lowest BCUT2D eigenvalue weighted by Crippen LogP contribution is -2.30. The van der Waals surface area contributed by atoms with Gasteiger partial charge < -0.3 is 10.0 Å². The highest BCUT2D eigenvalue weighted by atomic mass is 19.1. The first kappa shape index (κ1) is 15.6. The fourth-order valence-corrected chi connectivity index (χ4v) is 3.08. The van der Waals surface area contributed by atoms with Gasteiger partial charge in [0, 0.05) is 43.4 Å². The van der Waals surface area contributed by atoms with Crippen molar-refractivity contribution >= 4 is 5.91 Å². The highest BCUT2D eigenvalue weighted by Crippen LogP contribution is 2.31. The Bertz CT molecular complexity index is 660. The Morgan fingerprint density at radius 2 is 2.00 bits per heavy atom. The maximum absolute atomic E-state index is 12.9. The fraction of sp³-hybridized carbons (Fsp3) is 0.333. The molecule has 120 valence electrons. The molecule has 1 aliphatic rings. The van der Waals surface area contributed by atoms with Crippen molar-refractivity contribution in [1.82, 2.24) is 9.88 Å². The second-order valence-electron chi connectivity index (χ2n) is 5.91. The summed E-state index contributed by atoms with van der Waals surface area (Å²) < 4.78 is 12.9. The highest BCUT2D eigenvalue weighted by molar-refractivity contribution is 5.79. The molecule has 23 heavy (non-hydrogen) atoms. The molecule has 2 aromatic rings. The molecule has 1 amide bonds. The zero-order valence-electron chi connectivity index (χ0n) is 12.7. The number of carbonyl (C=O) groups excluding carboxylic acids is 1. The number of halogens is 1. The van der Waals surface area contributed by atoms with Crippen molar-refractivity contribution in [3.63, 3.8) is 0 Å². The maximum Gasteiger partial charge on any atom is 0.227 e. The molecule has 0 radical (unpaired) electrons. The second kappa shape index (κ2) is 6.87. The van der Waals surface area contributed by atoms with E-state index in [1.807, 2.05) is 18.2 Å². The fourth-order valence-electron chi connectivity index (χ4n) is 3.08. The molecule has 0 saturated carbocycles. The lowest BCUT2D eigenvalue weighted by atomic mass is 9.93. The molecule has 1 saturated heterocycles. The third kappa shape index (κ3) is 3.56. The van der Waals surface area contributed by atoms with Crippen LogP contribution in [0.5, 0.6) is 0 Å². The number of carbonyl (C=O) groups is 1. The van der Waals surface area contributed by atoms with Gasteiger partial charge in [-0.2, -0.15) is 0 Å². The Morgan fingerprint density at radius 1 is 1.22 bits per heavy atom. The average Bonchev–Trinajstić information content (AvgIpc) is 3.02. The van der Waals surface area contributed by atoms with Crippen LogP contribution in [0.25, 0.3) is 0 Å². The molecule has 0 spiro atoms. The predicted molar refractivity (Wildman–Crippen MR) is 84.2 cm³/mol. The quantitative estimate of drug-likeness (QED) is 0.939. The summed E-state index contributed by atoms with van der Waals surface area (Å²) in [7, 11) is 0. The summed E-state index contributed by atoms with van der Waals surface area (Å²) >= 11 is 0. The minimum atomic E-state index is -0.307. The van der Waals surface area contributed by atoms with E-state index in [0.717, 1.165) is 11.3 Å². The Balaban J connectivity index is 1.69. The van der Waals surface area contributed by atoms with E-state index in [0.29, 0.717) is 13.1 Å². The monoisotopic (exact) mass is 314 g/mol. The van der Waals surface area contributed by atoms with E-state index in [2.05, 4.69) is 4.98 Å². The Hall–Kier alpha value is -2.27. The van der Waals surface area contributed by atoms with Crippen molar-refractivity contribution in [2.24, 2.45) is 5.92 Å². The number of rotatable bonds is 4. The molecule has 1 aromatic heterocycles. The van der Waals surface area contributed by atoms with Crippen molar-refractivity contribution in [3.05, 3.63) is 65.7 Å². The van der Waals surface area contributed by atoms with Crippen LogP contribution in [-0.4, -0.2) is 40.6 Å². The van der Waals surface area contributed by atoms with Gasteiger partial charge in [0.15, 0.2) is 0 Å². The van der Waals surface area contributed by atoms with Gasteiger partial charge in [-0.1, -0.05) is 18.2 Å². The number of pyridine rings is 1. The summed E-state index contributed by atoms with van der Waals surface area (Å²) in [5, 5.41) is 9.61. The molecular weight excluding hydrogens is 295 g/mol. The summed E-state index contributed by atoms with van der Waals surface area (Å²) in [4.78, 5) is 18.6. The van der Waals surface area contributed by atoms with Crippen molar-refractivity contribution in [2.75, 3.05) is 19.7 Å². The number of benzene rings is 1. The zero-order valence-corrected chi connectivity index (χ0v) is 12.7. The average molecular weight is 314 g/mol. The topological polar surface area (TPSA) is 53.4 Å². The van der Waals surface area contributed by atoms with Gasteiger partial charge in [-0.15, -0.1) is 0 Å². The molecule has 3 rings (SSSR count). The molecule has 2 heterocycles. The summed E-state index contributed by atoms with van der Waals surface area (Å²) in [6.07, 6.45) is 1.97. The minimum Gasteiger partial charge on any atom is -0.396 e. The first-order valence-electron chi connectivity index (χ1n) is 7.71. The van der Waals surface area contributed by atoms with E-state index in [-0.39, 0.29) is 36.6 Å². The van der Waals surface area contributed by atoms with Crippen molar-refractivity contribution in [2.45, 2.75) is 12.3 Å². The van der Waals surface area contributed by atoms with Gasteiger partial charge in [0.05, 0.1) is 6.42 Å². The number of aromatic nitrogens is 1. The van der Waals surface area contributed by atoms with Crippen molar-refractivity contribution in [1.29, 1.82) is 0 Å². The lowest BCUT2D eigenvalue weighted by molar-refractivity contribution is -0.129. The van der Waals surface area contributed by atoms with E-state index in [1.165, 1.54) is 12.1 Å². The van der Waals surface area contributed by atoms with Crippen molar-refractivity contribution < 1.29 is 14.3 Å². The van der Waals surface area contributed by atoms with Gasteiger partial charge in [0.25, 0.3) is 0 Å². The summed E-state index contributed by atoms with van der Waals surface area (Å²) in [5.74, 6) is -0.258. The molecule has 5 heteroatoms. The summed E-state index contributed by atoms with van der Waals surface area (Å²) in [6, 6.07) is 11.7. The SMILES string of the molecule is O=C(Cc1ccc(F)cc1)N1C[C@@H](CO)[C@H](c2ccccn2)C1. The molecule has 2 atom stereocenters. The Morgan fingerprint density at radius 3 is 2.65 bits per heavy atom. The van der Waals surface area contributed by atoms with Crippen LogP contribution in [0.2, 0.25) is 0 Å².